The molecule has 0 fully saturated rings. The summed E-state index contributed by atoms with van der Waals surface area (Å²) in [5, 5.41) is 2.31. The first kappa shape index (κ1) is 46.9. The van der Waals surface area contributed by atoms with Crippen molar-refractivity contribution in [2.75, 3.05) is 9.80 Å². The van der Waals surface area contributed by atoms with Crippen LogP contribution in [0.15, 0.2) is 162 Å². The highest BCUT2D eigenvalue weighted by molar-refractivity contribution is 6.20. The number of hydrogen-bond acceptors (Lipinski definition) is 3. The van der Waals surface area contributed by atoms with Gasteiger partial charge in [-0.05, 0) is 167 Å². The Morgan fingerprint density at radius 2 is 1.13 bits per heavy atom. The van der Waals surface area contributed by atoms with E-state index < -0.39 is 5.41 Å². The minimum Gasteiger partial charge on any atom is -0.455 e. The lowest BCUT2D eigenvalue weighted by Crippen LogP contribution is -2.25. The first-order valence-electron chi connectivity index (χ1n) is 25.2. The Morgan fingerprint density at radius 3 is 1.70 bits per heavy atom. The van der Waals surface area contributed by atoms with Crippen molar-refractivity contribution in [3.8, 4) is 11.1 Å². The van der Waals surface area contributed by atoms with Crippen LogP contribution in [0.4, 0.5) is 28.4 Å². The van der Waals surface area contributed by atoms with Crippen LogP contribution >= 0.6 is 0 Å². The standard InChI is InChI=1S/C67H70N2O/c1-17-47(68(55-34-22-40(2)36-42(55)4)48-28-24-45(25-29-48)64(7,8)9)38-53-44(6)58-61(66(53,13)14)62-59(60-52-20-18-19-21-57(52)70-63(58)60)51-33-32-50(39-54(51)67(62,15)16)69(56-35-23-41(3)37-43(56)5)49-30-26-46(27-31-49)65(10,11)12/h17-39H,6H2,1-5,7-16H3/b47-17+,53-38+. The second kappa shape index (κ2) is 16.4. The zero-order valence-electron chi connectivity index (χ0n) is 44.3. The molecule has 7 aromatic carbocycles. The van der Waals surface area contributed by atoms with Crippen LogP contribution in [0.1, 0.15) is 132 Å². The van der Waals surface area contributed by atoms with Crippen LogP contribution in [-0.2, 0) is 21.7 Å². The molecule has 3 heteroatoms. The number of fused-ring (bicyclic) bond motifs is 10. The number of allylic oxidation sites excluding steroid dienone is 4. The van der Waals surface area contributed by atoms with Crippen LogP contribution in [-0.4, -0.2) is 0 Å². The smallest absolute Gasteiger partial charge is 0.144 e. The van der Waals surface area contributed by atoms with Crippen molar-refractivity contribution in [1.82, 2.24) is 0 Å². The molecule has 0 atom stereocenters. The molecule has 0 aliphatic heterocycles. The summed E-state index contributed by atoms with van der Waals surface area (Å²) in [6.07, 6.45) is 4.68. The fourth-order valence-corrected chi connectivity index (χ4v) is 11.8. The number of nitrogens with zero attached hydrogens (tertiary/aromatic N) is 2. The van der Waals surface area contributed by atoms with E-state index in [1.54, 1.807) is 0 Å². The number of furan rings is 1. The molecule has 0 saturated heterocycles. The minimum atomic E-state index is -0.440. The summed E-state index contributed by atoms with van der Waals surface area (Å²) < 4.78 is 7.11. The van der Waals surface area contributed by atoms with Gasteiger partial charge in [-0.25, -0.2) is 0 Å². The molecule has 1 aromatic heterocycles. The van der Waals surface area contributed by atoms with Gasteiger partial charge in [-0.15, -0.1) is 0 Å². The van der Waals surface area contributed by atoms with Crippen molar-refractivity contribution in [1.29, 1.82) is 0 Å². The summed E-state index contributed by atoms with van der Waals surface area (Å²) in [4.78, 5) is 4.89. The molecule has 1 heterocycles. The molecule has 10 rings (SSSR count). The van der Waals surface area contributed by atoms with Crippen LogP contribution in [0.2, 0.25) is 0 Å². The third kappa shape index (κ3) is 7.38. The molecule has 70 heavy (non-hydrogen) atoms. The molecule has 0 bridgehead atoms. The van der Waals surface area contributed by atoms with Gasteiger partial charge >= 0.3 is 0 Å². The van der Waals surface area contributed by atoms with Crippen LogP contribution in [0.5, 0.6) is 0 Å². The Bertz CT molecular complexity index is 3500. The lowest BCUT2D eigenvalue weighted by Gasteiger charge is -2.33. The highest BCUT2D eigenvalue weighted by atomic mass is 16.3. The number of rotatable bonds is 7. The molecule has 0 saturated carbocycles. The number of benzene rings is 7. The van der Waals surface area contributed by atoms with Gasteiger partial charge in [0.1, 0.15) is 11.2 Å². The van der Waals surface area contributed by atoms with E-state index in [1.807, 2.05) is 0 Å². The summed E-state index contributed by atoms with van der Waals surface area (Å²) in [5.74, 6) is 0. The van der Waals surface area contributed by atoms with Crippen molar-refractivity contribution in [2.24, 2.45) is 0 Å². The summed E-state index contributed by atoms with van der Waals surface area (Å²) in [6.45, 7) is 39.4. The first-order valence-corrected chi connectivity index (χ1v) is 25.2. The van der Waals surface area contributed by atoms with Gasteiger partial charge in [0.15, 0.2) is 0 Å². The molecular formula is C67H70N2O. The maximum atomic E-state index is 7.11. The SMILES string of the molecule is C=C1/C(=C\C(=C/C)N(c2ccc(C(C)(C)C)cc2)c2ccc(C)cc2C)C(C)(C)c2c3c(c4c(oc5ccccc54)c21)-c1ccc(N(c2ccc(C(C)(C)C)cc2)c2ccc(C)cc2C)cc1C3(C)C. The van der Waals surface area contributed by atoms with Crippen LogP contribution in [0.3, 0.4) is 0 Å². The normalized spacial score (nSPS) is 15.7. The lowest BCUT2D eigenvalue weighted by atomic mass is 9.72. The molecular weight excluding hydrogens is 849 g/mol. The summed E-state index contributed by atoms with van der Waals surface area (Å²) in [6, 6.07) is 47.7. The Hall–Kier alpha value is -6.84. The zero-order chi connectivity index (χ0) is 50.0. The topological polar surface area (TPSA) is 19.6 Å². The molecule has 0 amide bonds. The molecule has 354 valence electrons. The quantitative estimate of drug-likeness (QED) is 0.159. The van der Waals surface area contributed by atoms with Gasteiger partial charge in [0.05, 0.1) is 0 Å². The van der Waals surface area contributed by atoms with Gasteiger partial charge < -0.3 is 14.2 Å². The van der Waals surface area contributed by atoms with Crippen LogP contribution in [0, 0.1) is 27.7 Å². The van der Waals surface area contributed by atoms with E-state index in [0.717, 1.165) is 56.1 Å². The fraction of sp³-hybridized carbons (Fsp3) is 0.284. The average Bonchev–Trinajstić information content (AvgIpc) is 3.86. The molecule has 3 nitrogen and oxygen atoms in total. The summed E-state index contributed by atoms with van der Waals surface area (Å²) in [7, 11) is 0. The number of hydrogen-bond donors (Lipinski definition) is 0. The Balaban J connectivity index is 1.18. The molecule has 2 aliphatic rings. The van der Waals surface area contributed by atoms with Gasteiger partial charge in [-0.1, -0.05) is 166 Å². The Labute approximate surface area is 417 Å². The van der Waals surface area contributed by atoms with E-state index >= 15 is 0 Å². The second-order valence-corrected chi connectivity index (χ2v) is 23.4. The van der Waals surface area contributed by atoms with Crippen molar-refractivity contribution in [3.05, 3.63) is 213 Å². The van der Waals surface area contributed by atoms with Crippen LogP contribution in [0.25, 0.3) is 38.6 Å². The lowest BCUT2D eigenvalue weighted by molar-refractivity contribution is 0.590. The Morgan fingerprint density at radius 1 is 0.586 bits per heavy atom. The van der Waals surface area contributed by atoms with Crippen LogP contribution < -0.4 is 9.80 Å². The largest absolute Gasteiger partial charge is 0.455 e. The molecule has 0 spiro atoms. The number of aryl methyl sites for hydroxylation is 4. The van der Waals surface area contributed by atoms with E-state index in [1.165, 1.54) is 77.8 Å². The average molecular weight is 919 g/mol. The van der Waals surface area contributed by atoms with E-state index in [2.05, 4.69) is 253 Å². The van der Waals surface area contributed by atoms with E-state index in [9.17, 15) is 0 Å². The predicted molar refractivity (Wildman–Crippen MR) is 301 cm³/mol. The van der Waals surface area contributed by atoms with Crippen molar-refractivity contribution in [2.45, 2.75) is 126 Å². The van der Waals surface area contributed by atoms with E-state index in [4.69, 9.17) is 11.0 Å². The Kier molecular flexibility index (Phi) is 11.0. The van der Waals surface area contributed by atoms with Gasteiger partial charge in [-0.3, -0.25) is 0 Å². The van der Waals surface area contributed by atoms with Crippen molar-refractivity contribution < 1.29 is 4.42 Å². The highest BCUT2D eigenvalue weighted by Crippen LogP contribution is 2.63. The van der Waals surface area contributed by atoms with Gasteiger partial charge in [-0.2, -0.15) is 0 Å². The second-order valence-electron chi connectivity index (χ2n) is 23.4. The zero-order valence-corrected chi connectivity index (χ0v) is 44.3. The third-order valence-corrected chi connectivity index (χ3v) is 15.6. The summed E-state index contributed by atoms with van der Waals surface area (Å²) >= 11 is 0. The fourth-order valence-electron chi connectivity index (χ4n) is 11.8. The highest BCUT2D eigenvalue weighted by Gasteiger charge is 2.50. The summed E-state index contributed by atoms with van der Waals surface area (Å²) in [5.41, 5.74) is 25.4. The molecule has 2 aliphatic carbocycles. The first-order chi connectivity index (χ1) is 33.0. The van der Waals surface area contributed by atoms with Gasteiger partial charge in [0, 0.05) is 61.3 Å². The van der Waals surface area contributed by atoms with Crippen molar-refractivity contribution >= 4 is 55.9 Å². The monoisotopic (exact) mass is 919 g/mol. The minimum absolute atomic E-state index is 0.0427. The van der Waals surface area contributed by atoms with Gasteiger partial charge in [0.2, 0.25) is 0 Å². The molecule has 0 N–H and O–H groups in total. The predicted octanol–water partition coefficient (Wildman–Crippen LogP) is 19.2. The number of anilines is 5. The van der Waals surface area contributed by atoms with Gasteiger partial charge in [0.25, 0.3) is 0 Å². The maximum Gasteiger partial charge on any atom is 0.144 e. The van der Waals surface area contributed by atoms with E-state index in [-0.39, 0.29) is 16.2 Å². The third-order valence-electron chi connectivity index (χ3n) is 15.6. The maximum absolute atomic E-state index is 7.11. The number of para-hydroxylation sites is 1. The molecule has 8 aromatic rings. The molecule has 0 unspecified atom stereocenters. The molecule has 0 radical (unpaired) electrons. The van der Waals surface area contributed by atoms with Crippen molar-refractivity contribution in [3.63, 3.8) is 0 Å². The van der Waals surface area contributed by atoms with E-state index in [0.29, 0.717) is 0 Å².